The van der Waals surface area contributed by atoms with E-state index in [2.05, 4.69) is 15.0 Å². The van der Waals surface area contributed by atoms with Crippen LogP contribution in [0.2, 0.25) is 0 Å². The largest absolute Gasteiger partial charge is 0.454 e. The van der Waals surface area contributed by atoms with Crippen LogP contribution >= 0.6 is 0 Å². The van der Waals surface area contributed by atoms with E-state index in [0.717, 1.165) is 5.56 Å². The molecule has 0 saturated heterocycles. The van der Waals surface area contributed by atoms with Crippen molar-refractivity contribution in [2.24, 2.45) is 0 Å². The lowest BCUT2D eigenvalue weighted by molar-refractivity contribution is 0.0950. The molecule has 154 valence electrons. The molecule has 4 rings (SSSR count). The maximum Gasteiger partial charge on any atom is 0.251 e. The molecule has 0 spiro atoms. The van der Waals surface area contributed by atoms with Crippen LogP contribution in [-0.4, -0.2) is 26.1 Å². The number of carbonyl (C=O) groups is 1. The number of fused-ring (bicyclic) bond motifs is 1. The Morgan fingerprint density at radius 3 is 2.67 bits per heavy atom. The van der Waals surface area contributed by atoms with Crippen molar-refractivity contribution < 1.29 is 22.7 Å². The Kier molecular flexibility index (Phi) is 5.64. The zero-order valence-electron chi connectivity index (χ0n) is 15.9. The molecule has 0 bridgehead atoms. The SMILES string of the molecule is O=C(NCc1ccccn1)c1cccc(S(=O)(=O)NCc2ccc3c(c2)OCO3)c1. The van der Waals surface area contributed by atoms with Crippen molar-refractivity contribution >= 4 is 15.9 Å². The van der Waals surface area contributed by atoms with Crippen molar-refractivity contribution in [3.05, 3.63) is 83.7 Å². The summed E-state index contributed by atoms with van der Waals surface area (Å²) < 4.78 is 38.5. The summed E-state index contributed by atoms with van der Waals surface area (Å²) in [6.07, 6.45) is 1.64. The van der Waals surface area contributed by atoms with Crippen LogP contribution in [0.3, 0.4) is 0 Å². The topological polar surface area (TPSA) is 107 Å². The molecule has 9 heteroatoms. The third-order valence-corrected chi connectivity index (χ3v) is 5.86. The fourth-order valence-corrected chi connectivity index (χ4v) is 3.96. The summed E-state index contributed by atoms with van der Waals surface area (Å²) in [6.45, 7) is 0.480. The van der Waals surface area contributed by atoms with E-state index in [-0.39, 0.29) is 36.2 Å². The molecule has 0 radical (unpaired) electrons. The summed E-state index contributed by atoms with van der Waals surface area (Å²) in [6, 6.07) is 16.5. The molecule has 0 unspecified atom stereocenters. The summed E-state index contributed by atoms with van der Waals surface area (Å²) >= 11 is 0. The van der Waals surface area contributed by atoms with Gasteiger partial charge in [0.25, 0.3) is 5.91 Å². The molecule has 30 heavy (non-hydrogen) atoms. The van der Waals surface area contributed by atoms with Gasteiger partial charge < -0.3 is 14.8 Å². The lowest BCUT2D eigenvalue weighted by atomic mass is 10.2. The lowest BCUT2D eigenvalue weighted by Crippen LogP contribution is -2.25. The number of aromatic nitrogens is 1. The Morgan fingerprint density at radius 1 is 0.967 bits per heavy atom. The van der Waals surface area contributed by atoms with Crippen molar-refractivity contribution in [2.45, 2.75) is 18.0 Å². The number of carbonyl (C=O) groups excluding carboxylic acids is 1. The number of ether oxygens (including phenoxy) is 2. The van der Waals surface area contributed by atoms with Gasteiger partial charge in [0, 0.05) is 18.3 Å². The van der Waals surface area contributed by atoms with E-state index in [1.165, 1.54) is 18.2 Å². The number of hydrogen-bond acceptors (Lipinski definition) is 6. The Bertz CT molecular complexity index is 1170. The fraction of sp³-hybridized carbons (Fsp3) is 0.143. The maximum atomic E-state index is 12.7. The highest BCUT2D eigenvalue weighted by Gasteiger charge is 2.18. The van der Waals surface area contributed by atoms with Gasteiger partial charge in [0.2, 0.25) is 16.8 Å². The van der Waals surface area contributed by atoms with Crippen LogP contribution in [0.5, 0.6) is 11.5 Å². The van der Waals surface area contributed by atoms with Crippen LogP contribution in [0.15, 0.2) is 71.8 Å². The molecule has 3 aromatic rings. The summed E-state index contributed by atoms with van der Waals surface area (Å²) in [7, 11) is -3.81. The highest BCUT2D eigenvalue weighted by atomic mass is 32.2. The molecule has 1 aliphatic rings. The van der Waals surface area contributed by atoms with Crippen LogP contribution in [0, 0.1) is 0 Å². The minimum atomic E-state index is -3.81. The minimum absolute atomic E-state index is 0.00808. The molecule has 8 nitrogen and oxygen atoms in total. The molecular formula is C21H19N3O5S. The van der Waals surface area contributed by atoms with Gasteiger partial charge in [-0.1, -0.05) is 18.2 Å². The van der Waals surface area contributed by atoms with E-state index >= 15 is 0 Å². The highest BCUT2D eigenvalue weighted by Crippen LogP contribution is 2.32. The van der Waals surface area contributed by atoms with Crippen LogP contribution in [0.25, 0.3) is 0 Å². The predicted octanol–water partition coefficient (Wildman–Crippen LogP) is 2.22. The second-order valence-electron chi connectivity index (χ2n) is 6.54. The van der Waals surface area contributed by atoms with Gasteiger partial charge in [0.15, 0.2) is 11.5 Å². The Morgan fingerprint density at radius 2 is 1.83 bits per heavy atom. The van der Waals surface area contributed by atoms with E-state index < -0.39 is 10.0 Å². The van der Waals surface area contributed by atoms with Gasteiger partial charge in [-0.2, -0.15) is 0 Å². The Labute approximate surface area is 173 Å². The van der Waals surface area contributed by atoms with Gasteiger partial charge >= 0.3 is 0 Å². The smallest absolute Gasteiger partial charge is 0.251 e. The van der Waals surface area contributed by atoms with E-state index in [4.69, 9.17) is 9.47 Å². The standard InChI is InChI=1S/C21H19N3O5S/c25-21(23-13-17-5-1-2-9-22-17)16-4-3-6-18(11-16)30(26,27)24-12-15-7-8-19-20(10-15)29-14-28-19/h1-11,24H,12-14H2,(H,23,25). The van der Waals surface area contributed by atoms with E-state index in [1.54, 1.807) is 42.6 Å². The first kappa shape index (κ1) is 19.9. The number of rotatable bonds is 7. The van der Waals surface area contributed by atoms with Crippen LogP contribution < -0.4 is 19.5 Å². The zero-order valence-corrected chi connectivity index (χ0v) is 16.7. The number of pyridine rings is 1. The third kappa shape index (κ3) is 4.58. The number of benzene rings is 2. The van der Waals surface area contributed by atoms with Gasteiger partial charge in [-0.05, 0) is 48.0 Å². The summed E-state index contributed by atoms with van der Waals surface area (Å²) in [5.41, 5.74) is 1.68. The Hall–Kier alpha value is -3.43. The van der Waals surface area contributed by atoms with E-state index in [1.807, 2.05) is 6.07 Å². The molecule has 0 fully saturated rings. The number of hydrogen-bond donors (Lipinski definition) is 2. The number of nitrogens with zero attached hydrogens (tertiary/aromatic N) is 1. The minimum Gasteiger partial charge on any atom is -0.454 e. The van der Waals surface area contributed by atoms with Crippen LogP contribution in [0.4, 0.5) is 0 Å². The van der Waals surface area contributed by atoms with Crippen molar-refractivity contribution in [3.63, 3.8) is 0 Å². The molecule has 1 amide bonds. The van der Waals surface area contributed by atoms with Crippen molar-refractivity contribution in [3.8, 4) is 11.5 Å². The third-order valence-electron chi connectivity index (χ3n) is 4.47. The monoisotopic (exact) mass is 425 g/mol. The molecule has 0 saturated carbocycles. The zero-order chi connectivity index (χ0) is 21.0. The van der Waals surface area contributed by atoms with Crippen molar-refractivity contribution in [1.29, 1.82) is 0 Å². The van der Waals surface area contributed by atoms with E-state index in [9.17, 15) is 13.2 Å². The van der Waals surface area contributed by atoms with Crippen LogP contribution in [-0.2, 0) is 23.1 Å². The molecule has 2 N–H and O–H groups in total. The quantitative estimate of drug-likeness (QED) is 0.601. The molecule has 1 aromatic heterocycles. The van der Waals surface area contributed by atoms with Gasteiger partial charge in [0.1, 0.15) is 0 Å². The second-order valence-corrected chi connectivity index (χ2v) is 8.31. The van der Waals surface area contributed by atoms with Crippen LogP contribution in [0.1, 0.15) is 21.6 Å². The number of nitrogens with one attached hydrogen (secondary N) is 2. The molecule has 2 aromatic carbocycles. The van der Waals surface area contributed by atoms with Gasteiger partial charge in [-0.3, -0.25) is 9.78 Å². The number of sulfonamides is 1. The first-order chi connectivity index (χ1) is 14.5. The molecule has 1 aliphatic heterocycles. The number of amides is 1. The normalized spacial score (nSPS) is 12.5. The predicted molar refractivity (Wildman–Crippen MR) is 108 cm³/mol. The lowest BCUT2D eigenvalue weighted by Gasteiger charge is -2.09. The van der Waals surface area contributed by atoms with Crippen molar-refractivity contribution in [2.75, 3.05) is 6.79 Å². The Balaban J connectivity index is 1.42. The maximum absolute atomic E-state index is 12.7. The van der Waals surface area contributed by atoms with Gasteiger partial charge in [0.05, 0.1) is 17.1 Å². The first-order valence-corrected chi connectivity index (χ1v) is 10.7. The average molecular weight is 425 g/mol. The molecule has 2 heterocycles. The summed E-state index contributed by atoms with van der Waals surface area (Å²) in [5.74, 6) is 0.831. The molecule has 0 atom stereocenters. The summed E-state index contributed by atoms with van der Waals surface area (Å²) in [4.78, 5) is 16.6. The first-order valence-electron chi connectivity index (χ1n) is 9.18. The second kappa shape index (κ2) is 8.52. The van der Waals surface area contributed by atoms with Crippen molar-refractivity contribution in [1.82, 2.24) is 15.0 Å². The fourth-order valence-electron chi connectivity index (χ4n) is 2.89. The molecular weight excluding hydrogens is 406 g/mol. The van der Waals surface area contributed by atoms with Gasteiger partial charge in [-0.25, -0.2) is 13.1 Å². The van der Waals surface area contributed by atoms with Gasteiger partial charge in [-0.15, -0.1) is 0 Å². The highest BCUT2D eigenvalue weighted by molar-refractivity contribution is 7.89. The average Bonchev–Trinajstić information content (AvgIpc) is 3.25. The van der Waals surface area contributed by atoms with E-state index in [0.29, 0.717) is 17.2 Å². The summed E-state index contributed by atoms with van der Waals surface area (Å²) in [5, 5.41) is 2.73. The molecule has 0 aliphatic carbocycles.